The van der Waals surface area contributed by atoms with Crippen molar-refractivity contribution in [3.8, 4) is 0 Å². The first-order valence-electron chi connectivity index (χ1n) is 7.34. The minimum absolute atomic E-state index is 0.455. The van der Waals surface area contributed by atoms with E-state index < -0.39 is 0 Å². The van der Waals surface area contributed by atoms with E-state index in [4.69, 9.17) is 4.74 Å². The molecule has 1 aliphatic heterocycles. The Labute approximate surface area is 110 Å². The predicted molar refractivity (Wildman–Crippen MR) is 75.7 cm³/mol. The van der Waals surface area contributed by atoms with Crippen molar-refractivity contribution in [1.29, 1.82) is 0 Å². The van der Waals surface area contributed by atoms with Crippen LogP contribution in [-0.2, 0) is 4.74 Å². The largest absolute Gasteiger partial charge is 0.375 e. The molecule has 3 heteroatoms. The Morgan fingerprint density at radius 3 is 2.59 bits per heavy atom. The summed E-state index contributed by atoms with van der Waals surface area (Å²) in [5.74, 6) is 3.22. The van der Waals surface area contributed by atoms with Crippen LogP contribution in [0.15, 0.2) is 0 Å². The topological polar surface area (TPSA) is 21.3 Å². The van der Waals surface area contributed by atoms with Gasteiger partial charge in [0.2, 0.25) is 0 Å². The summed E-state index contributed by atoms with van der Waals surface area (Å²) >= 11 is 2.06. The maximum atomic E-state index is 6.00. The molecule has 2 rings (SSSR count). The van der Waals surface area contributed by atoms with Gasteiger partial charge in [-0.05, 0) is 25.3 Å². The molecule has 0 aromatic rings. The van der Waals surface area contributed by atoms with E-state index in [-0.39, 0.29) is 0 Å². The molecule has 1 saturated heterocycles. The van der Waals surface area contributed by atoms with Crippen molar-refractivity contribution < 1.29 is 4.74 Å². The highest BCUT2D eigenvalue weighted by Gasteiger charge is 2.31. The van der Waals surface area contributed by atoms with E-state index in [1.165, 1.54) is 50.0 Å². The van der Waals surface area contributed by atoms with Crippen LogP contribution in [-0.4, -0.2) is 36.8 Å². The zero-order valence-corrected chi connectivity index (χ0v) is 11.9. The van der Waals surface area contributed by atoms with Gasteiger partial charge in [-0.25, -0.2) is 0 Å². The highest BCUT2D eigenvalue weighted by atomic mass is 32.2. The number of hydrogen-bond acceptors (Lipinski definition) is 3. The minimum Gasteiger partial charge on any atom is -0.375 e. The third-order valence-electron chi connectivity index (χ3n) is 4.09. The van der Waals surface area contributed by atoms with Crippen LogP contribution in [0.3, 0.4) is 0 Å². The Hall–Kier alpha value is 0.270. The molecule has 2 atom stereocenters. The van der Waals surface area contributed by atoms with Crippen LogP contribution in [0, 0.1) is 5.92 Å². The van der Waals surface area contributed by atoms with Gasteiger partial charge in [-0.2, -0.15) is 11.8 Å². The van der Waals surface area contributed by atoms with E-state index in [2.05, 4.69) is 24.0 Å². The molecule has 0 radical (unpaired) electrons. The van der Waals surface area contributed by atoms with E-state index in [0.717, 1.165) is 19.1 Å². The van der Waals surface area contributed by atoms with Gasteiger partial charge in [0.15, 0.2) is 0 Å². The monoisotopic (exact) mass is 257 g/mol. The minimum atomic E-state index is 0.455. The van der Waals surface area contributed by atoms with Crippen molar-refractivity contribution in [2.45, 2.75) is 57.6 Å². The highest BCUT2D eigenvalue weighted by molar-refractivity contribution is 7.99. The third kappa shape index (κ3) is 4.15. The molecule has 0 spiro atoms. The van der Waals surface area contributed by atoms with Gasteiger partial charge in [-0.1, -0.05) is 32.6 Å². The lowest BCUT2D eigenvalue weighted by Crippen LogP contribution is -2.49. The molecule has 0 aromatic heterocycles. The molecule has 0 bridgehead atoms. The SMILES string of the molecule is CCNC(C1CCCCCC1)C1CSCCO1. The van der Waals surface area contributed by atoms with E-state index in [9.17, 15) is 0 Å². The van der Waals surface area contributed by atoms with Crippen molar-refractivity contribution in [2.75, 3.05) is 24.7 Å². The molecule has 1 heterocycles. The molecule has 1 aliphatic carbocycles. The van der Waals surface area contributed by atoms with Crippen LogP contribution in [0.4, 0.5) is 0 Å². The second-order valence-electron chi connectivity index (χ2n) is 5.32. The number of rotatable bonds is 4. The summed E-state index contributed by atoms with van der Waals surface area (Å²) in [6, 6.07) is 0.603. The lowest BCUT2D eigenvalue weighted by atomic mass is 9.88. The van der Waals surface area contributed by atoms with Gasteiger partial charge in [0.1, 0.15) is 0 Å². The van der Waals surface area contributed by atoms with Crippen LogP contribution in [0.25, 0.3) is 0 Å². The summed E-state index contributed by atoms with van der Waals surface area (Å²) in [6.07, 6.45) is 8.99. The van der Waals surface area contributed by atoms with Gasteiger partial charge in [0, 0.05) is 17.5 Å². The summed E-state index contributed by atoms with van der Waals surface area (Å²) in [5.41, 5.74) is 0. The number of hydrogen-bond donors (Lipinski definition) is 1. The van der Waals surface area contributed by atoms with Crippen LogP contribution >= 0.6 is 11.8 Å². The molecular weight excluding hydrogens is 230 g/mol. The maximum absolute atomic E-state index is 6.00. The van der Waals surface area contributed by atoms with E-state index >= 15 is 0 Å². The Kier molecular flexibility index (Phi) is 6.16. The van der Waals surface area contributed by atoms with E-state index in [1.54, 1.807) is 0 Å². The molecule has 1 N–H and O–H groups in total. The lowest BCUT2D eigenvalue weighted by molar-refractivity contribution is 0.0276. The summed E-state index contributed by atoms with van der Waals surface area (Å²) in [5, 5.41) is 3.71. The molecule has 100 valence electrons. The molecule has 0 aromatic carbocycles. The van der Waals surface area contributed by atoms with Gasteiger partial charge >= 0.3 is 0 Å². The number of thioether (sulfide) groups is 1. The molecule has 0 amide bonds. The van der Waals surface area contributed by atoms with Gasteiger partial charge in [-0.3, -0.25) is 0 Å². The quantitative estimate of drug-likeness (QED) is 0.782. The fourth-order valence-corrected chi connectivity index (χ4v) is 4.14. The van der Waals surface area contributed by atoms with Crippen LogP contribution in [0.1, 0.15) is 45.4 Å². The zero-order chi connectivity index (χ0) is 11.9. The average Bonchev–Trinajstić information content (AvgIpc) is 2.66. The lowest BCUT2D eigenvalue weighted by Gasteiger charge is -2.36. The summed E-state index contributed by atoms with van der Waals surface area (Å²) in [6.45, 7) is 4.25. The molecule has 17 heavy (non-hydrogen) atoms. The van der Waals surface area contributed by atoms with Crippen molar-refractivity contribution in [3.05, 3.63) is 0 Å². The first kappa shape index (κ1) is 13.7. The zero-order valence-electron chi connectivity index (χ0n) is 11.1. The highest BCUT2D eigenvalue weighted by Crippen LogP contribution is 2.29. The number of nitrogens with one attached hydrogen (secondary N) is 1. The number of ether oxygens (including phenoxy) is 1. The molecular formula is C14H27NOS. The van der Waals surface area contributed by atoms with Crippen LogP contribution < -0.4 is 5.32 Å². The van der Waals surface area contributed by atoms with Crippen molar-refractivity contribution in [2.24, 2.45) is 5.92 Å². The summed E-state index contributed by atoms with van der Waals surface area (Å²) in [4.78, 5) is 0. The Bertz CT molecular complexity index is 198. The predicted octanol–water partition coefficient (Wildman–Crippen LogP) is 3.07. The fraction of sp³-hybridized carbons (Fsp3) is 1.00. The number of likely N-dealkylation sites (N-methyl/N-ethyl adjacent to an activating group) is 1. The molecule has 2 fully saturated rings. The van der Waals surface area contributed by atoms with Crippen molar-refractivity contribution >= 4 is 11.8 Å². The second kappa shape index (κ2) is 7.65. The molecule has 2 nitrogen and oxygen atoms in total. The van der Waals surface area contributed by atoms with Gasteiger partial charge in [0.05, 0.1) is 12.7 Å². The molecule has 2 aliphatic rings. The maximum Gasteiger partial charge on any atom is 0.0821 e. The Morgan fingerprint density at radius 2 is 2.00 bits per heavy atom. The van der Waals surface area contributed by atoms with Gasteiger partial charge in [0.25, 0.3) is 0 Å². The average molecular weight is 257 g/mol. The standard InChI is InChI=1S/C14H27NOS/c1-2-15-14(13-11-17-10-9-16-13)12-7-5-3-4-6-8-12/h12-15H,2-11H2,1H3. The molecule has 2 unspecified atom stereocenters. The normalized spacial score (nSPS) is 29.8. The van der Waals surface area contributed by atoms with E-state index in [0.29, 0.717) is 12.1 Å². The first-order chi connectivity index (χ1) is 8.42. The first-order valence-corrected chi connectivity index (χ1v) is 8.50. The summed E-state index contributed by atoms with van der Waals surface area (Å²) < 4.78 is 6.00. The van der Waals surface area contributed by atoms with Crippen LogP contribution in [0.2, 0.25) is 0 Å². The summed E-state index contributed by atoms with van der Waals surface area (Å²) in [7, 11) is 0. The van der Waals surface area contributed by atoms with E-state index in [1.807, 2.05) is 0 Å². The fourth-order valence-electron chi connectivity index (χ4n) is 3.22. The van der Waals surface area contributed by atoms with Crippen molar-refractivity contribution in [3.63, 3.8) is 0 Å². The second-order valence-corrected chi connectivity index (χ2v) is 6.47. The Morgan fingerprint density at radius 1 is 1.24 bits per heavy atom. The van der Waals surface area contributed by atoms with Gasteiger partial charge in [-0.15, -0.1) is 0 Å². The van der Waals surface area contributed by atoms with Crippen LogP contribution in [0.5, 0.6) is 0 Å². The Balaban J connectivity index is 1.93. The molecule has 1 saturated carbocycles. The van der Waals surface area contributed by atoms with Crippen molar-refractivity contribution in [1.82, 2.24) is 5.32 Å². The third-order valence-corrected chi connectivity index (χ3v) is 5.11. The van der Waals surface area contributed by atoms with Gasteiger partial charge < -0.3 is 10.1 Å². The smallest absolute Gasteiger partial charge is 0.0821 e.